The van der Waals surface area contributed by atoms with Crippen LogP contribution in [0.1, 0.15) is 77.8 Å². The lowest BCUT2D eigenvalue weighted by molar-refractivity contribution is -0.754. The van der Waals surface area contributed by atoms with Crippen LogP contribution in [0.4, 0.5) is 0 Å². The van der Waals surface area contributed by atoms with Crippen LogP contribution >= 0.6 is 8.46 Å². The molecule has 1 aliphatic heterocycles. The van der Waals surface area contributed by atoms with E-state index in [0.29, 0.717) is 0 Å². The molecule has 1 aromatic carbocycles. The van der Waals surface area contributed by atoms with Crippen molar-refractivity contribution in [2.24, 2.45) is 0 Å². The number of rotatable bonds is 7. The maximum atomic E-state index is 12.1. The molecule has 1 aliphatic rings. The predicted octanol–water partition coefficient (Wildman–Crippen LogP) is 6.10. The van der Waals surface area contributed by atoms with Gasteiger partial charge in [0.1, 0.15) is 0 Å². The quantitative estimate of drug-likeness (QED) is 0.419. The first-order valence-electron chi connectivity index (χ1n) is 10.6. The van der Waals surface area contributed by atoms with Crippen molar-refractivity contribution in [2.75, 3.05) is 0 Å². The summed E-state index contributed by atoms with van der Waals surface area (Å²) in [6.07, 6.45) is 6.66. The molecule has 0 saturated heterocycles. The summed E-state index contributed by atoms with van der Waals surface area (Å²) in [7, 11) is 0.100. The van der Waals surface area contributed by atoms with Crippen LogP contribution in [-0.2, 0) is 21.9 Å². The van der Waals surface area contributed by atoms with Gasteiger partial charge >= 0.3 is 0 Å². The van der Waals surface area contributed by atoms with Gasteiger partial charge in [-0.05, 0) is 49.4 Å². The molecule has 27 heavy (non-hydrogen) atoms. The standard InChI is InChI=1S/C24H33NOP/c1-6-10-12-18-15-16-20-19(17-18)21-13-11-14-22(27-26)25(21)24(8-3,9-4)23(20,5)7-2/h11,13-17H,6-10,12H2,1-5H3/q+1. The van der Waals surface area contributed by atoms with Gasteiger partial charge in [0.25, 0.3) is 13.9 Å². The number of benzene rings is 1. The molecule has 0 aliphatic carbocycles. The molecule has 2 nitrogen and oxygen atoms in total. The smallest absolute Gasteiger partial charge is 0.263 e. The first-order chi connectivity index (χ1) is 13.0. The Bertz CT molecular complexity index is 840. The summed E-state index contributed by atoms with van der Waals surface area (Å²) in [5.41, 5.74) is 6.24. The average molecular weight is 383 g/mol. The van der Waals surface area contributed by atoms with E-state index in [4.69, 9.17) is 0 Å². The zero-order valence-electron chi connectivity index (χ0n) is 17.5. The molecular formula is C24H33NOP+. The molecule has 1 atom stereocenters. The molecule has 144 valence electrons. The summed E-state index contributed by atoms with van der Waals surface area (Å²) in [5.74, 6) is 0. The summed E-state index contributed by atoms with van der Waals surface area (Å²) in [5, 5.41) is 0. The number of pyridine rings is 1. The molecule has 0 N–H and O–H groups in total. The third-order valence-corrected chi connectivity index (χ3v) is 7.70. The fraction of sp³-hybridized carbons (Fsp3) is 0.542. The Morgan fingerprint density at radius 3 is 2.33 bits per heavy atom. The summed E-state index contributed by atoms with van der Waals surface area (Å²) in [6.45, 7) is 11.5. The van der Waals surface area contributed by atoms with E-state index in [1.807, 2.05) is 6.07 Å². The monoisotopic (exact) mass is 382 g/mol. The van der Waals surface area contributed by atoms with Gasteiger partial charge < -0.3 is 0 Å². The molecule has 3 heteroatoms. The van der Waals surface area contributed by atoms with Crippen molar-refractivity contribution in [3.8, 4) is 11.3 Å². The van der Waals surface area contributed by atoms with Crippen molar-refractivity contribution in [3.63, 3.8) is 0 Å². The van der Waals surface area contributed by atoms with Gasteiger partial charge in [-0.15, -0.1) is 0 Å². The first-order valence-corrected chi connectivity index (χ1v) is 11.4. The lowest BCUT2D eigenvalue weighted by atomic mass is 9.58. The fourth-order valence-corrected chi connectivity index (χ4v) is 5.94. The number of aromatic nitrogens is 1. The topological polar surface area (TPSA) is 20.9 Å². The van der Waals surface area contributed by atoms with E-state index in [2.05, 4.69) is 69.5 Å². The Morgan fingerprint density at radius 1 is 1.00 bits per heavy atom. The van der Waals surface area contributed by atoms with Gasteiger partial charge in [-0.25, -0.2) is 0 Å². The third kappa shape index (κ3) is 2.88. The summed E-state index contributed by atoms with van der Waals surface area (Å²) in [4.78, 5) is 0. The lowest BCUT2D eigenvalue weighted by Gasteiger charge is -2.48. The van der Waals surface area contributed by atoms with Crippen LogP contribution in [0, 0.1) is 0 Å². The van der Waals surface area contributed by atoms with E-state index in [9.17, 15) is 4.57 Å². The van der Waals surface area contributed by atoms with Crippen molar-refractivity contribution < 1.29 is 9.13 Å². The van der Waals surface area contributed by atoms with Crippen LogP contribution in [-0.4, -0.2) is 0 Å². The van der Waals surface area contributed by atoms with Gasteiger partial charge in [-0.2, -0.15) is 4.57 Å². The van der Waals surface area contributed by atoms with E-state index in [-0.39, 0.29) is 19.4 Å². The SMILES string of the molecule is CCCCc1ccc2c(c1)-c1cccc(P=O)[n+]1C(CC)(CC)C2(C)CC. The molecule has 0 saturated carbocycles. The molecule has 3 rings (SSSR count). The van der Waals surface area contributed by atoms with E-state index >= 15 is 0 Å². The Balaban J connectivity index is 2.38. The summed E-state index contributed by atoms with van der Waals surface area (Å²) >= 11 is 0. The number of nitrogens with zero attached hydrogens (tertiary/aromatic N) is 1. The highest BCUT2D eigenvalue weighted by Crippen LogP contribution is 2.51. The van der Waals surface area contributed by atoms with Gasteiger partial charge in [0.2, 0.25) is 5.69 Å². The normalized spacial score (nSPS) is 20.3. The molecule has 0 radical (unpaired) electrons. The highest BCUT2D eigenvalue weighted by Gasteiger charge is 2.59. The second kappa shape index (κ2) is 7.84. The minimum Gasteiger partial charge on any atom is -0.263 e. The summed E-state index contributed by atoms with van der Waals surface area (Å²) in [6, 6.07) is 13.4. The zero-order chi connectivity index (χ0) is 19.7. The maximum Gasteiger partial charge on any atom is 0.273 e. The molecule has 1 unspecified atom stereocenters. The Hall–Kier alpha value is -1.53. The maximum absolute atomic E-state index is 12.1. The van der Waals surface area contributed by atoms with E-state index in [0.717, 1.165) is 31.1 Å². The second-order valence-corrected chi connectivity index (χ2v) is 8.74. The van der Waals surface area contributed by atoms with Gasteiger partial charge in [0, 0.05) is 25.0 Å². The number of fused-ring (bicyclic) bond motifs is 3. The van der Waals surface area contributed by atoms with Crippen LogP contribution in [0.5, 0.6) is 0 Å². The van der Waals surface area contributed by atoms with E-state index < -0.39 is 0 Å². The minimum atomic E-state index is -0.0664. The number of hydrogen-bond acceptors (Lipinski definition) is 1. The molecule has 0 bridgehead atoms. The second-order valence-electron chi connectivity index (χ2n) is 8.10. The van der Waals surface area contributed by atoms with Crippen LogP contribution in [0.25, 0.3) is 11.3 Å². The molecule has 1 aromatic heterocycles. The van der Waals surface area contributed by atoms with Crippen molar-refractivity contribution in [3.05, 3.63) is 47.5 Å². The van der Waals surface area contributed by atoms with Crippen molar-refractivity contribution in [1.29, 1.82) is 0 Å². The van der Waals surface area contributed by atoms with Crippen LogP contribution in [0.2, 0.25) is 0 Å². The van der Waals surface area contributed by atoms with Gasteiger partial charge in [-0.3, -0.25) is 4.57 Å². The lowest BCUT2D eigenvalue weighted by Crippen LogP contribution is -2.73. The first kappa shape index (κ1) is 20.2. The van der Waals surface area contributed by atoms with Gasteiger partial charge in [0.05, 0.1) is 11.0 Å². The molecular weight excluding hydrogens is 349 g/mol. The molecule has 0 amide bonds. The van der Waals surface area contributed by atoms with Crippen molar-refractivity contribution >= 4 is 13.9 Å². The summed E-state index contributed by atoms with van der Waals surface area (Å²) < 4.78 is 14.5. The van der Waals surface area contributed by atoms with Gasteiger partial charge in [0.15, 0.2) is 5.54 Å². The zero-order valence-corrected chi connectivity index (χ0v) is 18.4. The van der Waals surface area contributed by atoms with E-state index in [1.54, 1.807) is 0 Å². The molecule has 0 spiro atoms. The number of unbranched alkanes of at least 4 members (excludes halogenated alkanes) is 1. The molecule has 2 aromatic rings. The predicted molar refractivity (Wildman–Crippen MR) is 114 cm³/mol. The van der Waals surface area contributed by atoms with Crippen molar-refractivity contribution in [2.45, 2.75) is 84.1 Å². The van der Waals surface area contributed by atoms with Gasteiger partial charge in [-0.1, -0.05) is 46.2 Å². The van der Waals surface area contributed by atoms with E-state index in [1.165, 1.54) is 35.2 Å². The Labute approximate surface area is 166 Å². The third-order valence-electron chi connectivity index (χ3n) is 7.17. The van der Waals surface area contributed by atoms with Crippen LogP contribution in [0.3, 0.4) is 0 Å². The van der Waals surface area contributed by atoms with Crippen molar-refractivity contribution in [1.82, 2.24) is 0 Å². The Kier molecular flexibility index (Phi) is 5.87. The highest BCUT2D eigenvalue weighted by molar-refractivity contribution is 7.33. The molecule has 0 fully saturated rings. The molecule has 2 heterocycles. The van der Waals surface area contributed by atoms with Crippen LogP contribution in [0.15, 0.2) is 36.4 Å². The van der Waals surface area contributed by atoms with Crippen LogP contribution < -0.4 is 10.0 Å². The fourth-order valence-electron chi connectivity index (χ4n) is 5.41. The highest BCUT2D eigenvalue weighted by atomic mass is 31.1. The Morgan fingerprint density at radius 2 is 1.74 bits per heavy atom. The minimum absolute atomic E-state index is 0.00752. The average Bonchev–Trinajstić information content (AvgIpc) is 2.72. The number of aryl methyl sites for hydroxylation is 1. The largest absolute Gasteiger partial charge is 0.273 e. The number of hydrogen-bond donors (Lipinski definition) is 0.